The fourth-order valence-electron chi connectivity index (χ4n) is 2.40. The molecule has 0 saturated carbocycles. The standard InChI is InChI=1S/C14H18N2O3/c1-2-7-15-14(19)16-9-10(8-13(17)18)11-5-3-4-6-12(11)16/h3-6,10H,2,7-9H2,1H3,(H,15,19)(H,17,18). The fourth-order valence-corrected chi connectivity index (χ4v) is 2.40. The zero-order valence-corrected chi connectivity index (χ0v) is 10.9. The molecule has 102 valence electrons. The molecule has 1 aromatic carbocycles. The summed E-state index contributed by atoms with van der Waals surface area (Å²) in [4.78, 5) is 24.6. The summed E-state index contributed by atoms with van der Waals surface area (Å²) in [5.74, 6) is -0.961. The first-order chi connectivity index (χ1) is 9.13. The van der Waals surface area contributed by atoms with E-state index in [9.17, 15) is 9.59 Å². The van der Waals surface area contributed by atoms with E-state index in [4.69, 9.17) is 5.11 Å². The second-order valence-corrected chi connectivity index (χ2v) is 4.70. The van der Waals surface area contributed by atoms with E-state index in [1.54, 1.807) is 4.90 Å². The summed E-state index contributed by atoms with van der Waals surface area (Å²) in [6, 6.07) is 7.35. The maximum atomic E-state index is 12.1. The van der Waals surface area contributed by atoms with Crippen LogP contribution in [0.25, 0.3) is 0 Å². The van der Waals surface area contributed by atoms with Crippen LogP contribution in [-0.4, -0.2) is 30.2 Å². The monoisotopic (exact) mass is 262 g/mol. The summed E-state index contributed by atoms with van der Waals surface area (Å²) in [5.41, 5.74) is 1.76. The van der Waals surface area contributed by atoms with E-state index in [1.165, 1.54) is 0 Å². The number of amides is 2. The molecule has 1 aliphatic heterocycles. The van der Waals surface area contributed by atoms with Gasteiger partial charge in [0.2, 0.25) is 0 Å². The average molecular weight is 262 g/mol. The summed E-state index contributed by atoms with van der Waals surface area (Å²) in [6.07, 6.45) is 0.925. The number of hydrogen-bond donors (Lipinski definition) is 2. The van der Waals surface area contributed by atoms with E-state index >= 15 is 0 Å². The molecule has 5 nitrogen and oxygen atoms in total. The van der Waals surface area contributed by atoms with Crippen LogP contribution in [0.2, 0.25) is 0 Å². The van der Waals surface area contributed by atoms with Gasteiger partial charge in [-0.15, -0.1) is 0 Å². The summed E-state index contributed by atoms with van der Waals surface area (Å²) in [5, 5.41) is 11.8. The summed E-state index contributed by atoms with van der Waals surface area (Å²) in [7, 11) is 0. The minimum Gasteiger partial charge on any atom is -0.481 e. The topological polar surface area (TPSA) is 69.6 Å². The third kappa shape index (κ3) is 2.86. The van der Waals surface area contributed by atoms with Crippen LogP contribution in [0.5, 0.6) is 0 Å². The molecule has 1 unspecified atom stereocenters. The number of urea groups is 1. The van der Waals surface area contributed by atoms with Crippen molar-refractivity contribution in [3.63, 3.8) is 0 Å². The number of para-hydroxylation sites is 1. The molecular weight excluding hydrogens is 244 g/mol. The van der Waals surface area contributed by atoms with Crippen LogP contribution < -0.4 is 10.2 Å². The van der Waals surface area contributed by atoms with Crippen LogP contribution in [0.15, 0.2) is 24.3 Å². The number of carboxylic acids is 1. The van der Waals surface area contributed by atoms with Crippen molar-refractivity contribution in [3.8, 4) is 0 Å². The summed E-state index contributed by atoms with van der Waals surface area (Å²) >= 11 is 0. The summed E-state index contributed by atoms with van der Waals surface area (Å²) in [6.45, 7) is 3.05. The lowest BCUT2D eigenvalue weighted by Gasteiger charge is -2.18. The Morgan fingerprint density at radius 3 is 2.84 bits per heavy atom. The number of anilines is 1. The van der Waals surface area contributed by atoms with Crippen molar-refractivity contribution in [2.24, 2.45) is 0 Å². The van der Waals surface area contributed by atoms with Gasteiger partial charge in [-0.1, -0.05) is 25.1 Å². The van der Waals surface area contributed by atoms with Gasteiger partial charge >= 0.3 is 12.0 Å². The molecule has 1 aromatic rings. The lowest BCUT2D eigenvalue weighted by atomic mass is 9.98. The first-order valence-electron chi connectivity index (χ1n) is 6.49. The van der Waals surface area contributed by atoms with Crippen molar-refractivity contribution >= 4 is 17.7 Å². The van der Waals surface area contributed by atoms with Crippen molar-refractivity contribution in [3.05, 3.63) is 29.8 Å². The minimum atomic E-state index is -0.837. The van der Waals surface area contributed by atoms with Gasteiger partial charge in [-0.2, -0.15) is 0 Å². The Morgan fingerprint density at radius 1 is 1.42 bits per heavy atom. The molecular formula is C14H18N2O3. The zero-order valence-electron chi connectivity index (χ0n) is 10.9. The highest BCUT2D eigenvalue weighted by Crippen LogP contribution is 2.37. The van der Waals surface area contributed by atoms with Crippen molar-refractivity contribution in [1.82, 2.24) is 5.32 Å². The SMILES string of the molecule is CCCNC(=O)N1CC(CC(=O)O)c2ccccc21. The van der Waals surface area contributed by atoms with Crippen molar-refractivity contribution in [1.29, 1.82) is 0 Å². The van der Waals surface area contributed by atoms with E-state index in [0.717, 1.165) is 17.7 Å². The number of nitrogens with zero attached hydrogens (tertiary/aromatic N) is 1. The molecule has 5 heteroatoms. The van der Waals surface area contributed by atoms with E-state index in [1.807, 2.05) is 31.2 Å². The molecule has 0 radical (unpaired) electrons. The third-order valence-corrected chi connectivity index (χ3v) is 3.26. The van der Waals surface area contributed by atoms with Crippen LogP contribution >= 0.6 is 0 Å². The third-order valence-electron chi connectivity index (χ3n) is 3.26. The molecule has 1 atom stereocenters. The number of carbonyl (C=O) groups is 2. The molecule has 0 aliphatic carbocycles. The van der Waals surface area contributed by atoms with E-state index in [2.05, 4.69) is 5.32 Å². The van der Waals surface area contributed by atoms with Crippen LogP contribution in [0.4, 0.5) is 10.5 Å². The number of nitrogens with one attached hydrogen (secondary N) is 1. The van der Waals surface area contributed by atoms with Gasteiger partial charge < -0.3 is 10.4 Å². The number of hydrogen-bond acceptors (Lipinski definition) is 2. The second kappa shape index (κ2) is 5.73. The molecule has 2 rings (SSSR count). The van der Waals surface area contributed by atoms with Gasteiger partial charge in [0.25, 0.3) is 0 Å². The largest absolute Gasteiger partial charge is 0.481 e. The molecule has 2 N–H and O–H groups in total. The van der Waals surface area contributed by atoms with Crippen LogP contribution in [0, 0.1) is 0 Å². The van der Waals surface area contributed by atoms with Gasteiger partial charge in [0.15, 0.2) is 0 Å². The Bertz CT molecular complexity index is 487. The van der Waals surface area contributed by atoms with E-state index < -0.39 is 5.97 Å². The van der Waals surface area contributed by atoms with Gasteiger partial charge in [-0.3, -0.25) is 9.69 Å². The summed E-state index contributed by atoms with van der Waals surface area (Å²) < 4.78 is 0. The highest BCUT2D eigenvalue weighted by Gasteiger charge is 2.32. The Balaban J connectivity index is 2.20. The lowest BCUT2D eigenvalue weighted by molar-refractivity contribution is -0.137. The number of carboxylic acid groups (broad SMARTS) is 1. The maximum Gasteiger partial charge on any atom is 0.321 e. The van der Waals surface area contributed by atoms with E-state index in [0.29, 0.717) is 13.1 Å². The van der Waals surface area contributed by atoms with Gasteiger partial charge in [0.05, 0.1) is 6.42 Å². The number of fused-ring (bicyclic) bond motifs is 1. The average Bonchev–Trinajstić information content (AvgIpc) is 2.75. The fraction of sp³-hybridized carbons (Fsp3) is 0.429. The quantitative estimate of drug-likeness (QED) is 0.873. The number of aliphatic carboxylic acids is 1. The molecule has 0 aromatic heterocycles. The molecule has 0 bridgehead atoms. The molecule has 1 aliphatic rings. The van der Waals surface area contributed by atoms with Gasteiger partial charge in [-0.05, 0) is 18.1 Å². The Labute approximate surface area is 112 Å². The predicted octanol–water partition coefficient (Wildman–Crippen LogP) is 2.18. The van der Waals surface area contributed by atoms with Crippen LogP contribution in [0.1, 0.15) is 31.2 Å². The van der Waals surface area contributed by atoms with Gasteiger partial charge in [-0.25, -0.2) is 4.79 Å². The number of benzene rings is 1. The van der Waals surface area contributed by atoms with Crippen molar-refractivity contribution in [2.45, 2.75) is 25.7 Å². The van der Waals surface area contributed by atoms with Crippen molar-refractivity contribution < 1.29 is 14.7 Å². The Hall–Kier alpha value is -2.04. The first kappa shape index (κ1) is 13.4. The van der Waals surface area contributed by atoms with E-state index in [-0.39, 0.29) is 18.4 Å². The predicted molar refractivity (Wildman–Crippen MR) is 72.5 cm³/mol. The highest BCUT2D eigenvalue weighted by molar-refractivity contribution is 5.95. The minimum absolute atomic E-state index is 0.0502. The van der Waals surface area contributed by atoms with Gasteiger partial charge in [0, 0.05) is 24.7 Å². The Kier molecular flexibility index (Phi) is 4.04. The number of rotatable bonds is 4. The van der Waals surface area contributed by atoms with Gasteiger partial charge in [0.1, 0.15) is 0 Å². The lowest BCUT2D eigenvalue weighted by Crippen LogP contribution is -2.39. The van der Waals surface area contributed by atoms with Crippen LogP contribution in [0.3, 0.4) is 0 Å². The van der Waals surface area contributed by atoms with Crippen molar-refractivity contribution in [2.75, 3.05) is 18.0 Å². The molecule has 0 spiro atoms. The molecule has 19 heavy (non-hydrogen) atoms. The molecule has 0 saturated heterocycles. The number of carbonyl (C=O) groups excluding carboxylic acids is 1. The normalized spacial score (nSPS) is 17.1. The smallest absolute Gasteiger partial charge is 0.321 e. The first-order valence-corrected chi connectivity index (χ1v) is 6.49. The maximum absolute atomic E-state index is 12.1. The molecule has 2 amide bonds. The zero-order chi connectivity index (χ0) is 13.8. The molecule has 1 heterocycles. The Morgan fingerprint density at radius 2 is 2.16 bits per heavy atom. The second-order valence-electron chi connectivity index (χ2n) is 4.70. The highest BCUT2D eigenvalue weighted by atomic mass is 16.4. The molecule has 0 fully saturated rings. The van der Waals surface area contributed by atoms with Crippen LogP contribution in [-0.2, 0) is 4.79 Å².